The molecule has 1 unspecified atom stereocenters. The number of amides is 2. The average molecular weight is 305 g/mol. The number of nitrogens with one attached hydrogen (secondary N) is 1. The van der Waals surface area contributed by atoms with Crippen LogP contribution in [0.5, 0.6) is 0 Å². The van der Waals surface area contributed by atoms with E-state index < -0.39 is 17.9 Å². The van der Waals surface area contributed by atoms with Crippen LogP contribution in [-0.4, -0.2) is 46.9 Å². The minimum atomic E-state index is -0.912. The lowest BCUT2D eigenvalue weighted by atomic mass is 10.0. The highest BCUT2D eigenvalue weighted by atomic mass is 16.4. The molecule has 0 bridgehead atoms. The second kappa shape index (κ2) is 7.04. The Balaban J connectivity index is 2.04. The average Bonchev–Trinajstić information content (AvgIpc) is 2.47. The molecule has 1 aliphatic rings. The number of hydrogen-bond acceptors (Lipinski definition) is 4. The Bertz CT molecular complexity index is 588. The zero-order valence-electron chi connectivity index (χ0n) is 12.1. The molecule has 0 aromatic heterocycles. The van der Waals surface area contributed by atoms with E-state index in [1.807, 2.05) is 0 Å². The first kappa shape index (κ1) is 16.0. The minimum absolute atomic E-state index is 0.0237. The number of piperidine rings is 1. The molecule has 2 rings (SSSR count). The van der Waals surface area contributed by atoms with Crippen LogP contribution in [0.1, 0.15) is 29.6 Å². The Kier molecular flexibility index (Phi) is 5.11. The summed E-state index contributed by atoms with van der Waals surface area (Å²) in [7, 11) is 0. The van der Waals surface area contributed by atoms with Gasteiger partial charge in [0, 0.05) is 0 Å². The van der Waals surface area contributed by atoms with E-state index >= 15 is 0 Å². The standard InChI is InChI=1S/C15H19N3O4/c16-14(20)10-5-1-2-6-11(10)17-13(19)9-18-8-4-3-7-12(18)15(21)22/h1-2,5-6,12H,3-4,7-9H2,(H2,16,20)(H,17,19)(H,21,22). The van der Waals surface area contributed by atoms with E-state index in [-0.39, 0.29) is 18.0 Å². The third kappa shape index (κ3) is 3.82. The van der Waals surface area contributed by atoms with Crippen molar-refractivity contribution in [3.63, 3.8) is 0 Å². The second-order valence-corrected chi connectivity index (χ2v) is 5.28. The molecule has 1 atom stereocenters. The zero-order valence-corrected chi connectivity index (χ0v) is 12.1. The number of para-hydroxylation sites is 1. The minimum Gasteiger partial charge on any atom is -0.480 e. The molecule has 0 aliphatic carbocycles. The molecular formula is C15H19N3O4. The van der Waals surface area contributed by atoms with Crippen molar-refractivity contribution in [3.8, 4) is 0 Å². The van der Waals surface area contributed by atoms with Crippen LogP contribution in [0.2, 0.25) is 0 Å². The highest BCUT2D eigenvalue weighted by molar-refractivity contribution is 6.03. The maximum absolute atomic E-state index is 12.1. The van der Waals surface area contributed by atoms with E-state index in [0.29, 0.717) is 18.7 Å². The largest absolute Gasteiger partial charge is 0.480 e. The summed E-state index contributed by atoms with van der Waals surface area (Å²) in [4.78, 5) is 36.3. The Hall–Kier alpha value is -2.41. The van der Waals surface area contributed by atoms with Gasteiger partial charge in [-0.25, -0.2) is 0 Å². The fourth-order valence-corrected chi connectivity index (χ4v) is 2.64. The summed E-state index contributed by atoms with van der Waals surface area (Å²) in [5.41, 5.74) is 5.82. The molecule has 7 nitrogen and oxygen atoms in total. The van der Waals surface area contributed by atoms with Crippen molar-refractivity contribution in [2.45, 2.75) is 25.3 Å². The fraction of sp³-hybridized carbons (Fsp3) is 0.400. The molecule has 0 saturated carbocycles. The summed E-state index contributed by atoms with van der Waals surface area (Å²) in [6, 6.07) is 5.82. The third-order valence-electron chi connectivity index (χ3n) is 3.71. The number of benzene rings is 1. The molecule has 1 saturated heterocycles. The number of aliphatic carboxylic acids is 1. The summed E-state index contributed by atoms with van der Waals surface area (Å²) >= 11 is 0. The van der Waals surface area contributed by atoms with Crippen LogP contribution in [0.3, 0.4) is 0 Å². The second-order valence-electron chi connectivity index (χ2n) is 5.28. The molecule has 1 aromatic carbocycles. The van der Waals surface area contributed by atoms with Crippen molar-refractivity contribution in [2.24, 2.45) is 5.73 Å². The lowest BCUT2D eigenvalue weighted by Gasteiger charge is -2.32. The van der Waals surface area contributed by atoms with E-state index in [4.69, 9.17) is 5.73 Å². The van der Waals surface area contributed by atoms with Crippen LogP contribution >= 0.6 is 0 Å². The number of nitrogens with two attached hydrogens (primary N) is 1. The van der Waals surface area contributed by atoms with Crippen LogP contribution in [0, 0.1) is 0 Å². The molecule has 2 amide bonds. The summed E-state index contributed by atoms with van der Waals surface area (Å²) in [5.74, 6) is -1.90. The van der Waals surface area contributed by atoms with E-state index in [2.05, 4.69) is 5.32 Å². The predicted octanol–water partition coefficient (Wildman–Crippen LogP) is 0.663. The molecule has 0 spiro atoms. The Morgan fingerprint density at radius 2 is 2.00 bits per heavy atom. The van der Waals surface area contributed by atoms with Crippen LogP contribution in [-0.2, 0) is 9.59 Å². The van der Waals surface area contributed by atoms with E-state index in [1.165, 1.54) is 6.07 Å². The number of carboxylic acid groups (broad SMARTS) is 1. The third-order valence-corrected chi connectivity index (χ3v) is 3.71. The predicted molar refractivity (Wildman–Crippen MR) is 80.4 cm³/mol. The van der Waals surface area contributed by atoms with Crippen LogP contribution in [0.4, 0.5) is 5.69 Å². The molecule has 118 valence electrons. The van der Waals surface area contributed by atoms with Gasteiger partial charge in [-0.1, -0.05) is 18.6 Å². The van der Waals surface area contributed by atoms with Crippen molar-refractivity contribution >= 4 is 23.5 Å². The number of anilines is 1. The van der Waals surface area contributed by atoms with E-state index in [1.54, 1.807) is 23.1 Å². The van der Waals surface area contributed by atoms with Crippen molar-refractivity contribution in [1.82, 2.24) is 4.90 Å². The normalized spacial score (nSPS) is 18.6. The van der Waals surface area contributed by atoms with Gasteiger partial charge in [0.1, 0.15) is 6.04 Å². The molecule has 1 aliphatic heterocycles. The Morgan fingerprint density at radius 3 is 2.68 bits per heavy atom. The number of primary amides is 1. The summed E-state index contributed by atoms with van der Waals surface area (Å²) < 4.78 is 0. The van der Waals surface area contributed by atoms with Gasteiger partial charge in [0.25, 0.3) is 5.91 Å². The number of hydrogen-bond donors (Lipinski definition) is 3. The van der Waals surface area contributed by atoms with Crippen molar-refractivity contribution < 1.29 is 19.5 Å². The number of carbonyl (C=O) groups is 3. The number of carbonyl (C=O) groups excluding carboxylic acids is 2. The number of nitrogens with zero attached hydrogens (tertiary/aromatic N) is 1. The van der Waals surface area contributed by atoms with E-state index in [9.17, 15) is 19.5 Å². The van der Waals surface area contributed by atoms with Gasteiger partial charge in [0.2, 0.25) is 5.91 Å². The molecule has 4 N–H and O–H groups in total. The zero-order chi connectivity index (χ0) is 16.1. The van der Waals surface area contributed by atoms with Gasteiger partial charge in [-0.2, -0.15) is 0 Å². The maximum Gasteiger partial charge on any atom is 0.320 e. The lowest BCUT2D eigenvalue weighted by Crippen LogP contribution is -2.47. The summed E-state index contributed by atoms with van der Waals surface area (Å²) in [6.07, 6.45) is 2.26. The first-order valence-corrected chi connectivity index (χ1v) is 7.14. The molecule has 1 heterocycles. The quantitative estimate of drug-likeness (QED) is 0.740. The highest BCUT2D eigenvalue weighted by Crippen LogP contribution is 2.18. The van der Waals surface area contributed by atoms with Crippen molar-refractivity contribution in [3.05, 3.63) is 29.8 Å². The van der Waals surface area contributed by atoms with Gasteiger partial charge in [0.05, 0.1) is 17.8 Å². The fourth-order valence-electron chi connectivity index (χ4n) is 2.64. The SMILES string of the molecule is NC(=O)c1ccccc1NC(=O)CN1CCCCC1C(=O)O. The van der Waals surface area contributed by atoms with Crippen LogP contribution in [0.15, 0.2) is 24.3 Å². The van der Waals surface area contributed by atoms with Crippen molar-refractivity contribution in [1.29, 1.82) is 0 Å². The Morgan fingerprint density at radius 1 is 1.27 bits per heavy atom. The number of carboxylic acids is 1. The maximum atomic E-state index is 12.1. The molecule has 22 heavy (non-hydrogen) atoms. The lowest BCUT2D eigenvalue weighted by molar-refractivity contribution is -0.145. The molecule has 1 aromatic rings. The van der Waals surface area contributed by atoms with Crippen LogP contribution in [0.25, 0.3) is 0 Å². The first-order chi connectivity index (χ1) is 10.5. The van der Waals surface area contributed by atoms with Gasteiger partial charge in [-0.15, -0.1) is 0 Å². The molecule has 7 heteroatoms. The van der Waals surface area contributed by atoms with Gasteiger partial charge in [-0.05, 0) is 31.5 Å². The van der Waals surface area contributed by atoms with Crippen LogP contribution < -0.4 is 11.1 Å². The van der Waals surface area contributed by atoms with Gasteiger partial charge in [0.15, 0.2) is 0 Å². The smallest absolute Gasteiger partial charge is 0.320 e. The first-order valence-electron chi connectivity index (χ1n) is 7.14. The number of rotatable bonds is 5. The molecular weight excluding hydrogens is 286 g/mol. The molecule has 0 radical (unpaired) electrons. The monoisotopic (exact) mass is 305 g/mol. The highest BCUT2D eigenvalue weighted by Gasteiger charge is 2.29. The van der Waals surface area contributed by atoms with Gasteiger partial charge in [-0.3, -0.25) is 19.3 Å². The topological polar surface area (TPSA) is 113 Å². The van der Waals surface area contributed by atoms with E-state index in [0.717, 1.165) is 12.8 Å². The summed E-state index contributed by atoms with van der Waals surface area (Å²) in [5, 5.41) is 11.8. The van der Waals surface area contributed by atoms with Gasteiger partial charge >= 0.3 is 5.97 Å². The summed E-state index contributed by atoms with van der Waals surface area (Å²) in [6.45, 7) is 0.548. The van der Waals surface area contributed by atoms with Crippen molar-refractivity contribution in [2.75, 3.05) is 18.4 Å². The van der Waals surface area contributed by atoms with Gasteiger partial charge < -0.3 is 16.2 Å². The number of likely N-dealkylation sites (tertiary alicyclic amines) is 1. The molecule has 1 fully saturated rings. The Labute approximate surface area is 128 Å².